The van der Waals surface area contributed by atoms with Gasteiger partial charge in [-0.15, -0.1) is 0 Å². The van der Waals surface area contributed by atoms with Crippen LogP contribution >= 0.6 is 0 Å². The molecule has 1 atom stereocenters. The summed E-state index contributed by atoms with van der Waals surface area (Å²) in [4.78, 5) is 27.2. The summed E-state index contributed by atoms with van der Waals surface area (Å²) in [6.45, 7) is 4.13. The molecule has 0 bridgehead atoms. The van der Waals surface area contributed by atoms with Crippen molar-refractivity contribution in [3.05, 3.63) is 70.5 Å². The minimum atomic E-state index is -0.517. The highest BCUT2D eigenvalue weighted by atomic mass is 16.5. The molecule has 146 valence electrons. The van der Waals surface area contributed by atoms with E-state index in [4.69, 9.17) is 9.47 Å². The number of ether oxygens (including phenoxy) is 2. The van der Waals surface area contributed by atoms with Gasteiger partial charge in [-0.2, -0.15) is 0 Å². The van der Waals surface area contributed by atoms with Gasteiger partial charge in [0.05, 0.1) is 19.8 Å². The highest BCUT2D eigenvalue weighted by Gasteiger charge is 2.25. The van der Waals surface area contributed by atoms with Crippen molar-refractivity contribution in [2.45, 2.75) is 26.4 Å². The van der Waals surface area contributed by atoms with Gasteiger partial charge in [-0.25, -0.2) is 9.59 Å². The Labute approximate surface area is 163 Å². The number of nitrogens with one attached hydrogen (secondary N) is 2. The van der Waals surface area contributed by atoms with E-state index in [1.165, 1.54) is 25.0 Å². The zero-order chi connectivity index (χ0) is 20.3. The van der Waals surface area contributed by atoms with Gasteiger partial charge in [0.1, 0.15) is 5.69 Å². The van der Waals surface area contributed by atoms with E-state index < -0.39 is 11.9 Å². The number of carbonyl (C=O) groups excluding carboxylic acids is 2. The summed E-state index contributed by atoms with van der Waals surface area (Å²) in [5.41, 5.74) is 2.88. The van der Waals surface area contributed by atoms with E-state index in [9.17, 15) is 9.59 Å². The Bertz CT molecular complexity index is 1020. The zero-order valence-corrected chi connectivity index (χ0v) is 16.5. The molecule has 0 saturated heterocycles. The highest BCUT2D eigenvalue weighted by molar-refractivity contribution is 5.98. The number of aromatic amines is 1. The van der Waals surface area contributed by atoms with E-state index in [0.29, 0.717) is 23.4 Å². The van der Waals surface area contributed by atoms with E-state index in [0.717, 1.165) is 5.56 Å². The minimum absolute atomic E-state index is 0.0419. The van der Waals surface area contributed by atoms with Crippen molar-refractivity contribution >= 4 is 22.7 Å². The van der Waals surface area contributed by atoms with Crippen LogP contribution in [0.3, 0.4) is 0 Å². The number of rotatable bonds is 6. The smallest absolute Gasteiger partial charge is 0.354 e. The van der Waals surface area contributed by atoms with Crippen LogP contribution in [-0.2, 0) is 16.0 Å². The predicted molar refractivity (Wildman–Crippen MR) is 107 cm³/mol. The number of fused-ring (bicyclic) bond motifs is 1. The normalized spacial score (nSPS) is 12.0. The van der Waals surface area contributed by atoms with Crippen molar-refractivity contribution in [2.75, 3.05) is 14.2 Å². The summed E-state index contributed by atoms with van der Waals surface area (Å²) in [5, 5.41) is 5.77. The number of benzene rings is 2. The number of carbonyl (C=O) groups is 2. The zero-order valence-electron chi connectivity index (χ0n) is 16.5. The maximum atomic E-state index is 12.2. The summed E-state index contributed by atoms with van der Waals surface area (Å²) in [5.74, 6) is -1.00. The quantitative estimate of drug-likeness (QED) is 0.634. The first-order chi connectivity index (χ1) is 13.5. The second kappa shape index (κ2) is 8.27. The lowest BCUT2D eigenvalue weighted by Gasteiger charge is -2.15. The fourth-order valence-electron chi connectivity index (χ4n) is 3.33. The lowest BCUT2D eigenvalue weighted by Crippen LogP contribution is -2.20. The molecule has 2 N–H and O–H groups in total. The molecule has 6 heteroatoms. The summed E-state index contributed by atoms with van der Waals surface area (Å²) in [6, 6.07) is 14.6. The first kappa shape index (κ1) is 19.6. The molecule has 6 nitrogen and oxygen atoms in total. The highest BCUT2D eigenvalue weighted by Crippen LogP contribution is 2.23. The van der Waals surface area contributed by atoms with Crippen LogP contribution < -0.4 is 5.32 Å². The molecule has 0 radical (unpaired) electrons. The van der Waals surface area contributed by atoms with Gasteiger partial charge in [0.25, 0.3) is 0 Å². The molecule has 0 fully saturated rings. The second-order valence-corrected chi connectivity index (χ2v) is 6.67. The van der Waals surface area contributed by atoms with Gasteiger partial charge >= 0.3 is 11.9 Å². The molecule has 0 aliphatic carbocycles. The average Bonchev–Trinajstić information content (AvgIpc) is 3.06. The van der Waals surface area contributed by atoms with Crippen molar-refractivity contribution in [2.24, 2.45) is 0 Å². The van der Waals surface area contributed by atoms with Gasteiger partial charge in [-0.3, -0.25) is 0 Å². The monoisotopic (exact) mass is 380 g/mol. The summed E-state index contributed by atoms with van der Waals surface area (Å²) < 4.78 is 9.68. The van der Waals surface area contributed by atoms with Crippen LogP contribution in [0.25, 0.3) is 10.8 Å². The van der Waals surface area contributed by atoms with Crippen LogP contribution in [0.15, 0.2) is 42.5 Å². The predicted octanol–water partition coefficient (Wildman–Crippen LogP) is 3.90. The van der Waals surface area contributed by atoms with Gasteiger partial charge in [-0.05, 0) is 41.8 Å². The molecule has 0 spiro atoms. The Morgan fingerprint density at radius 2 is 1.71 bits per heavy atom. The first-order valence-electron chi connectivity index (χ1n) is 9.06. The average molecular weight is 380 g/mol. The van der Waals surface area contributed by atoms with E-state index >= 15 is 0 Å². The van der Waals surface area contributed by atoms with Crippen LogP contribution in [0.5, 0.6) is 0 Å². The number of hydrogen-bond acceptors (Lipinski definition) is 5. The third kappa shape index (κ3) is 3.77. The van der Waals surface area contributed by atoms with Gasteiger partial charge in [0.15, 0.2) is 0 Å². The van der Waals surface area contributed by atoms with Crippen LogP contribution in [0, 0.1) is 6.92 Å². The Balaban J connectivity index is 1.84. The molecule has 3 aromatic rings. The molecule has 1 aromatic heterocycles. The van der Waals surface area contributed by atoms with Crippen molar-refractivity contribution < 1.29 is 19.1 Å². The molecule has 0 unspecified atom stereocenters. The first-order valence-corrected chi connectivity index (χ1v) is 9.06. The Morgan fingerprint density at radius 3 is 2.39 bits per heavy atom. The Kier molecular flexibility index (Phi) is 5.80. The standard InChI is InChI=1S/C22H24N2O4/c1-13-19(21(25)27-3)18(24-20(13)22(26)28-4)12-23-14(2)16-10-9-15-7-5-6-8-17(15)11-16/h5-11,14,23-24H,12H2,1-4H3/t14-/m1/s1. The Hall–Kier alpha value is -3.12. The number of methoxy groups -OCH3 is 2. The fourth-order valence-corrected chi connectivity index (χ4v) is 3.33. The molecule has 1 heterocycles. The lowest BCUT2D eigenvalue weighted by molar-refractivity contribution is 0.0592. The van der Waals surface area contributed by atoms with Crippen LogP contribution in [0.2, 0.25) is 0 Å². The van der Waals surface area contributed by atoms with Crippen LogP contribution in [0.4, 0.5) is 0 Å². The molecular formula is C22H24N2O4. The Morgan fingerprint density at radius 1 is 1.04 bits per heavy atom. The number of hydrogen-bond donors (Lipinski definition) is 2. The molecule has 3 rings (SSSR count). The molecule has 0 aliphatic heterocycles. The molecule has 0 aliphatic rings. The minimum Gasteiger partial charge on any atom is -0.465 e. The SMILES string of the molecule is COC(=O)c1[nH]c(CN[C@H](C)c2ccc3ccccc3c2)c(C(=O)OC)c1C. The van der Waals surface area contributed by atoms with Gasteiger partial charge in [0.2, 0.25) is 0 Å². The van der Waals surface area contributed by atoms with Crippen LogP contribution in [-0.4, -0.2) is 31.1 Å². The lowest BCUT2D eigenvalue weighted by atomic mass is 10.0. The van der Waals surface area contributed by atoms with Gasteiger partial charge in [0, 0.05) is 18.3 Å². The summed E-state index contributed by atoms with van der Waals surface area (Å²) >= 11 is 0. The maximum Gasteiger partial charge on any atom is 0.354 e. The molecule has 2 aromatic carbocycles. The van der Waals surface area contributed by atoms with Crippen molar-refractivity contribution in [3.8, 4) is 0 Å². The van der Waals surface area contributed by atoms with Gasteiger partial charge < -0.3 is 19.8 Å². The van der Waals surface area contributed by atoms with E-state index in [1.54, 1.807) is 6.92 Å². The fraction of sp³-hybridized carbons (Fsp3) is 0.273. The second-order valence-electron chi connectivity index (χ2n) is 6.67. The third-order valence-corrected chi connectivity index (χ3v) is 4.97. The van der Waals surface area contributed by atoms with Crippen molar-refractivity contribution in [3.63, 3.8) is 0 Å². The van der Waals surface area contributed by atoms with E-state index in [-0.39, 0.29) is 11.7 Å². The number of H-pyrrole nitrogens is 1. The topological polar surface area (TPSA) is 80.4 Å². The van der Waals surface area contributed by atoms with E-state index in [2.05, 4.69) is 47.6 Å². The number of aromatic nitrogens is 1. The van der Waals surface area contributed by atoms with E-state index in [1.807, 2.05) is 12.1 Å². The van der Waals surface area contributed by atoms with Gasteiger partial charge in [-0.1, -0.05) is 36.4 Å². The molecule has 0 amide bonds. The van der Waals surface area contributed by atoms with Crippen molar-refractivity contribution in [1.29, 1.82) is 0 Å². The molecular weight excluding hydrogens is 356 g/mol. The molecule has 0 saturated carbocycles. The third-order valence-electron chi connectivity index (χ3n) is 4.97. The summed E-state index contributed by atoms with van der Waals surface area (Å²) in [6.07, 6.45) is 0. The van der Waals surface area contributed by atoms with Crippen molar-refractivity contribution in [1.82, 2.24) is 10.3 Å². The van der Waals surface area contributed by atoms with Crippen LogP contribution in [0.1, 0.15) is 50.6 Å². The molecule has 28 heavy (non-hydrogen) atoms. The maximum absolute atomic E-state index is 12.2. The summed E-state index contributed by atoms with van der Waals surface area (Å²) in [7, 11) is 2.63. The number of esters is 2. The largest absolute Gasteiger partial charge is 0.465 e.